The molecule has 3 aromatic rings. The number of carbonyl (C=O) groups is 1. The van der Waals surface area contributed by atoms with Gasteiger partial charge in [0.1, 0.15) is 48.0 Å². The van der Waals surface area contributed by atoms with Crippen LogP contribution >= 0.6 is 0 Å². The van der Waals surface area contributed by atoms with Gasteiger partial charge >= 0.3 is 0 Å². The van der Waals surface area contributed by atoms with Crippen molar-refractivity contribution in [3.8, 4) is 23.0 Å². The maximum Gasteiger partial charge on any atom is 0.150 e. The van der Waals surface area contributed by atoms with E-state index in [-0.39, 0.29) is 42.1 Å². The van der Waals surface area contributed by atoms with Crippen molar-refractivity contribution in [3.63, 3.8) is 0 Å². The number of rotatable bonds is 8. The number of likely N-dealkylation sites (tertiary alicyclic amines) is 1. The van der Waals surface area contributed by atoms with Gasteiger partial charge in [-0.3, -0.25) is 4.79 Å². The number of phenols is 2. The fourth-order valence-corrected chi connectivity index (χ4v) is 9.73. The third kappa shape index (κ3) is 7.57. The molecule has 2 bridgehead atoms. The topological polar surface area (TPSA) is 138 Å². The van der Waals surface area contributed by atoms with Gasteiger partial charge in [-0.1, -0.05) is 45.5 Å². The lowest BCUT2D eigenvalue weighted by molar-refractivity contribution is -0.904. The molecule has 3 N–H and O–H groups in total. The Morgan fingerprint density at radius 1 is 0.960 bits per heavy atom. The zero-order chi connectivity index (χ0) is 35.0. The monoisotopic (exact) mass is 705 g/mol. The van der Waals surface area contributed by atoms with Crippen LogP contribution in [-0.2, 0) is 14.9 Å². The predicted molar refractivity (Wildman–Crippen MR) is 193 cm³/mol. The Morgan fingerprint density at radius 2 is 1.62 bits per heavy atom. The molecular weight excluding hydrogens is 655 g/mol. The average Bonchev–Trinajstić information content (AvgIpc) is 3.40. The Bertz CT molecular complexity index is 1810. The zero-order valence-corrected chi connectivity index (χ0v) is 29.4. The predicted octanol–water partition coefficient (Wildman–Crippen LogP) is 6.17. The van der Waals surface area contributed by atoms with Crippen molar-refractivity contribution in [2.45, 2.75) is 72.8 Å². The molecule has 0 amide bonds. The molecule has 0 radical (unpaired) electrons. The molecule has 2 saturated carbocycles. The second-order valence-corrected chi connectivity index (χ2v) is 16.0. The maximum atomic E-state index is 11.8. The fraction of sp³-hybridized carbons (Fsp3) is 0.475. The van der Waals surface area contributed by atoms with Crippen LogP contribution in [0, 0.1) is 16.7 Å². The van der Waals surface area contributed by atoms with Crippen molar-refractivity contribution < 1.29 is 42.4 Å². The van der Waals surface area contributed by atoms with Crippen molar-refractivity contribution in [1.29, 1.82) is 0 Å². The highest BCUT2D eigenvalue weighted by atomic mass is 32.2. The summed E-state index contributed by atoms with van der Waals surface area (Å²) in [5.74, 6) is 1.65. The van der Waals surface area contributed by atoms with Crippen LogP contribution in [0.3, 0.4) is 0 Å². The lowest BCUT2D eigenvalue weighted by Gasteiger charge is -2.37. The Labute approximate surface area is 296 Å². The van der Waals surface area contributed by atoms with E-state index in [2.05, 4.69) is 19.1 Å². The van der Waals surface area contributed by atoms with E-state index in [1.165, 1.54) is 32.4 Å². The minimum absolute atomic E-state index is 0. The second-order valence-electron chi connectivity index (χ2n) is 14.6. The number of benzene rings is 3. The first-order valence-corrected chi connectivity index (χ1v) is 18.9. The van der Waals surface area contributed by atoms with Gasteiger partial charge in [0, 0.05) is 29.0 Å². The Kier molecular flexibility index (Phi) is 11.1. The number of aromatic hydroxyl groups is 2. The Balaban J connectivity index is 0.000000255. The molecule has 3 aromatic carbocycles. The largest absolute Gasteiger partial charge is 0.748 e. The smallest absolute Gasteiger partial charge is 0.150 e. The van der Waals surface area contributed by atoms with Crippen LogP contribution in [0.1, 0.15) is 89.5 Å². The van der Waals surface area contributed by atoms with Crippen LogP contribution in [-0.4, -0.2) is 61.0 Å². The molecule has 2 aliphatic heterocycles. The number of Topliss-reactive ketones (excluding diaryl/α,β-unsaturated/α-hetero) is 1. The molecule has 7 rings (SSSR count). The molecule has 0 aromatic heterocycles. The van der Waals surface area contributed by atoms with E-state index in [0.29, 0.717) is 18.6 Å². The number of hydrogen-bond donors (Lipinski definition) is 3. The van der Waals surface area contributed by atoms with Gasteiger partial charge in [-0.2, -0.15) is 0 Å². The SMILES string of the molecule is C.CC1(C)C2CCC1(CS(=O)(=O)[O-])C(=O)C2.CC1=C(c2ccc(O)cc2)[C@H](c2ccc(OCC[NH+]3CCCCC3)cc2)Oc2cc(O)ccc21. The maximum absolute atomic E-state index is 11.8. The molecule has 270 valence electrons. The van der Waals surface area contributed by atoms with Crippen LogP contribution in [0.4, 0.5) is 0 Å². The Morgan fingerprint density at radius 3 is 2.22 bits per heavy atom. The van der Waals surface area contributed by atoms with E-state index in [9.17, 15) is 28.0 Å². The van der Waals surface area contributed by atoms with Gasteiger partial charge < -0.3 is 29.1 Å². The van der Waals surface area contributed by atoms with Crippen LogP contribution in [0.25, 0.3) is 11.1 Å². The zero-order valence-electron chi connectivity index (χ0n) is 28.5. The van der Waals surface area contributed by atoms with Gasteiger partial charge in [0.05, 0.1) is 29.0 Å². The molecule has 9 nitrogen and oxygen atoms in total. The first-order valence-electron chi connectivity index (χ1n) is 17.3. The van der Waals surface area contributed by atoms with Crippen molar-refractivity contribution in [3.05, 3.63) is 83.4 Å². The summed E-state index contributed by atoms with van der Waals surface area (Å²) in [6.45, 7) is 10.2. The second kappa shape index (κ2) is 14.8. The lowest BCUT2D eigenvalue weighted by atomic mass is 9.70. The third-order valence-electron chi connectivity index (χ3n) is 11.5. The summed E-state index contributed by atoms with van der Waals surface area (Å²) in [4.78, 5) is 13.5. The van der Waals surface area contributed by atoms with Crippen LogP contribution in [0.5, 0.6) is 23.0 Å². The molecule has 2 aliphatic carbocycles. The number of ether oxygens (including phenoxy) is 2. The molecule has 4 aliphatic rings. The highest BCUT2D eigenvalue weighted by Gasteiger charge is 2.64. The van der Waals surface area contributed by atoms with Crippen molar-refractivity contribution in [1.82, 2.24) is 0 Å². The lowest BCUT2D eigenvalue weighted by Crippen LogP contribution is -3.13. The quantitative estimate of drug-likeness (QED) is 0.237. The van der Waals surface area contributed by atoms with Crippen molar-refractivity contribution >= 4 is 27.0 Å². The number of ketones is 1. The highest BCUT2D eigenvalue weighted by molar-refractivity contribution is 7.85. The summed E-state index contributed by atoms with van der Waals surface area (Å²) in [5, 5.41) is 19.8. The third-order valence-corrected chi connectivity index (χ3v) is 12.3. The van der Waals surface area contributed by atoms with Gasteiger partial charge in [0.15, 0.2) is 0 Å². The van der Waals surface area contributed by atoms with Gasteiger partial charge in [-0.25, -0.2) is 8.42 Å². The van der Waals surface area contributed by atoms with Gasteiger partial charge in [-0.15, -0.1) is 0 Å². The molecule has 0 spiro atoms. The minimum Gasteiger partial charge on any atom is -0.748 e. The molecule has 10 heteroatoms. The molecular formula is C40H51NO8S. The molecule has 3 atom stereocenters. The van der Waals surface area contributed by atoms with E-state index < -0.39 is 21.3 Å². The summed E-state index contributed by atoms with van der Waals surface area (Å²) in [5.41, 5.74) is 3.86. The number of allylic oxidation sites excluding steroid dienone is 1. The molecule has 50 heavy (non-hydrogen) atoms. The fourth-order valence-electron chi connectivity index (χ4n) is 8.45. The average molecular weight is 706 g/mol. The highest BCUT2D eigenvalue weighted by Crippen LogP contribution is 2.64. The summed E-state index contributed by atoms with van der Waals surface area (Å²) >= 11 is 0. The molecule has 2 heterocycles. The van der Waals surface area contributed by atoms with E-state index in [1.54, 1.807) is 29.2 Å². The standard InChI is InChI=1S/C29H31NO4.C10H16O4S.CH4/c1-20-26-14-11-24(32)19-27(26)34-29(28(20)21-5-9-23(31)10-6-21)22-7-12-25(13-8-22)33-18-17-30-15-3-2-4-16-30;1-9(2)7-3-4-10(9,8(11)5-7)6-15(12,13)14;/h5-14,19,29,31-32H,2-4,15-18H2,1H3;7H,3-6H2,1-2H3,(H,12,13,14);1H4/t29-;;/m0../s1. The summed E-state index contributed by atoms with van der Waals surface area (Å²) < 4.78 is 45.2. The number of hydrogen-bond acceptors (Lipinski definition) is 8. The first kappa shape index (κ1) is 37.4. The van der Waals surface area contributed by atoms with E-state index in [4.69, 9.17) is 9.47 Å². The van der Waals surface area contributed by atoms with E-state index in [1.807, 2.05) is 44.2 Å². The van der Waals surface area contributed by atoms with E-state index in [0.717, 1.165) is 53.2 Å². The number of quaternary nitrogens is 1. The van der Waals surface area contributed by atoms with E-state index >= 15 is 0 Å². The number of nitrogens with one attached hydrogen (secondary N) is 1. The van der Waals surface area contributed by atoms with Gasteiger partial charge in [-0.05, 0) is 103 Å². The number of fused-ring (bicyclic) bond motifs is 3. The minimum atomic E-state index is -4.33. The Hall–Kier alpha value is -3.86. The van der Waals surface area contributed by atoms with Crippen molar-refractivity contribution in [2.75, 3.05) is 32.0 Å². The number of piperidine rings is 1. The molecule has 3 fully saturated rings. The summed E-state index contributed by atoms with van der Waals surface area (Å²) in [6.07, 6.45) is 5.54. The normalized spacial score (nSPS) is 24.0. The van der Waals surface area contributed by atoms with Crippen LogP contribution in [0.15, 0.2) is 66.7 Å². The number of phenolic OH excluding ortho intramolecular Hbond substituents is 2. The van der Waals surface area contributed by atoms with Crippen LogP contribution in [0.2, 0.25) is 0 Å². The molecule has 2 unspecified atom stereocenters. The van der Waals surface area contributed by atoms with Crippen molar-refractivity contribution in [2.24, 2.45) is 16.7 Å². The first-order chi connectivity index (χ1) is 23.3. The summed E-state index contributed by atoms with van der Waals surface area (Å²) in [6, 6.07) is 20.6. The van der Waals surface area contributed by atoms with Gasteiger partial charge in [0.2, 0.25) is 0 Å². The van der Waals surface area contributed by atoms with Gasteiger partial charge in [0.25, 0.3) is 0 Å². The number of carbonyl (C=O) groups excluding carboxylic acids is 1. The summed E-state index contributed by atoms with van der Waals surface area (Å²) in [7, 11) is -4.33. The molecule has 1 saturated heterocycles. The van der Waals surface area contributed by atoms with Crippen LogP contribution < -0.4 is 14.4 Å².